The smallest absolute Gasteiger partial charge is 0.340 e. The van der Waals surface area contributed by atoms with Crippen LogP contribution in [0.1, 0.15) is 24.2 Å². The summed E-state index contributed by atoms with van der Waals surface area (Å²) in [4.78, 5) is 29.6. The zero-order valence-electron chi connectivity index (χ0n) is 16.9. The van der Waals surface area contributed by atoms with Crippen LogP contribution in [-0.4, -0.2) is 34.9 Å². The zero-order valence-corrected chi connectivity index (χ0v) is 17.7. The van der Waals surface area contributed by atoms with E-state index in [0.29, 0.717) is 22.1 Å². The Morgan fingerprint density at radius 2 is 1.90 bits per heavy atom. The Bertz CT molecular complexity index is 1190. The van der Waals surface area contributed by atoms with E-state index < -0.39 is 11.9 Å². The molecule has 8 nitrogen and oxygen atoms in total. The fourth-order valence-corrected chi connectivity index (χ4v) is 3.72. The van der Waals surface area contributed by atoms with Crippen LogP contribution in [0, 0.1) is 0 Å². The molecule has 0 aliphatic carbocycles. The lowest BCUT2D eigenvalue weighted by molar-refractivity contribution is -0.112. The van der Waals surface area contributed by atoms with Gasteiger partial charge in [-0.15, -0.1) is 11.3 Å². The number of anilines is 2. The molecule has 0 unspecified atom stereocenters. The van der Waals surface area contributed by atoms with Crippen molar-refractivity contribution in [3.8, 4) is 11.3 Å². The highest BCUT2D eigenvalue weighted by atomic mass is 32.1. The summed E-state index contributed by atoms with van der Waals surface area (Å²) in [7, 11) is 0. The number of thiazole rings is 1. The third kappa shape index (κ3) is 4.22. The lowest BCUT2D eigenvalue weighted by atomic mass is 10.2. The number of carbonyl (C=O) groups excluding carboxylic acids is 2. The number of ether oxygens (including phenoxy) is 1. The molecule has 1 amide bonds. The minimum Gasteiger partial charge on any atom is -0.462 e. The topological polar surface area (TPSA) is 96.2 Å². The number of nitrogens with one attached hydrogen (secondary N) is 1. The van der Waals surface area contributed by atoms with Crippen LogP contribution in [0.3, 0.4) is 0 Å². The minimum atomic E-state index is -0.466. The maximum atomic E-state index is 12.9. The molecule has 0 atom stereocenters. The fraction of sp³-hybridized carbons (Fsp3) is 0.136. The van der Waals surface area contributed by atoms with Crippen LogP contribution in [0.15, 0.2) is 70.2 Å². The van der Waals surface area contributed by atoms with E-state index in [2.05, 4.69) is 20.6 Å². The molecule has 156 valence electrons. The van der Waals surface area contributed by atoms with Crippen LogP contribution in [0.25, 0.3) is 11.3 Å². The van der Waals surface area contributed by atoms with Crippen molar-refractivity contribution in [2.45, 2.75) is 13.8 Å². The molecule has 1 aliphatic heterocycles. The number of nitrogens with zero attached hydrogens (tertiary/aromatic N) is 4. The maximum absolute atomic E-state index is 12.9. The van der Waals surface area contributed by atoms with E-state index in [-0.39, 0.29) is 12.3 Å². The summed E-state index contributed by atoms with van der Waals surface area (Å²) in [6, 6.07) is 16.5. The van der Waals surface area contributed by atoms with Gasteiger partial charge < -0.3 is 4.74 Å². The van der Waals surface area contributed by atoms with Crippen LogP contribution in [0.2, 0.25) is 0 Å². The molecule has 0 radical (unpaired) electrons. The van der Waals surface area contributed by atoms with Gasteiger partial charge in [0.1, 0.15) is 0 Å². The van der Waals surface area contributed by atoms with E-state index in [4.69, 9.17) is 4.74 Å². The number of para-hydroxylation sites is 1. The number of amides is 1. The molecule has 1 N–H and O–H groups in total. The standard InChI is InChI=1S/C22H19N5O3S/c1-3-30-21(29)16-11-7-8-12-17(16)24-25-19-14(2)26-27(20(19)28)22-23-18(13-31-22)15-9-5-4-6-10-15/h4-13,24H,3H2,1-2H3/b25-19+. The number of carbonyl (C=O) groups is 2. The molecule has 0 spiro atoms. The number of hydrazone groups is 2. The molecule has 0 saturated heterocycles. The predicted molar refractivity (Wildman–Crippen MR) is 122 cm³/mol. The van der Waals surface area contributed by atoms with Crippen molar-refractivity contribution in [2.75, 3.05) is 17.0 Å². The van der Waals surface area contributed by atoms with Crippen LogP contribution in [0.5, 0.6) is 0 Å². The Morgan fingerprint density at radius 1 is 1.16 bits per heavy atom. The molecule has 0 fully saturated rings. The Hall–Kier alpha value is -3.85. The van der Waals surface area contributed by atoms with Crippen molar-refractivity contribution in [3.05, 3.63) is 65.5 Å². The van der Waals surface area contributed by atoms with Gasteiger partial charge >= 0.3 is 11.9 Å². The molecule has 3 aromatic rings. The normalized spacial score (nSPS) is 14.6. The molecular weight excluding hydrogens is 414 g/mol. The summed E-state index contributed by atoms with van der Waals surface area (Å²) in [5.41, 5.74) is 5.90. The second-order valence-corrected chi connectivity index (χ2v) is 7.36. The molecule has 0 bridgehead atoms. The average Bonchev–Trinajstić information content (AvgIpc) is 3.38. The predicted octanol–water partition coefficient (Wildman–Crippen LogP) is 4.18. The molecule has 1 aromatic heterocycles. The number of hydrogen-bond donors (Lipinski definition) is 1. The Balaban J connectivity index is 1.55. The maximum Gasteiger partial charge on any atom is 0.340 e. The first kappa shape index (κ1) is 20.4. The van der Waals surface area contributed by atoms with Gasteiger partial charge in [-0.2, -0.15) is 15.2 Å². The summed E-state index contributed by atoms with van der Waals surface area (Å²) < 4.78 is 5.06. The van der Waals surface area contributed by atoms with Gasteiger partial charge in [0.05, 0.1) is 29.3 Å². The van der Waals surface area contributed by atoms with Gasteiger partial charge in [-0.3, -0.25) is 10.2 Å². The van der Waals surface area contributed by atoms with E-state index in [1.807, 2.05) is 35.7 Å². The van der Waals surface area contributed by atoms with Gasteiger partial charge in [0.25, 0.3) is 0 Å². The van der Waals surface area contributed by atoms with Crippen molar-refractivity contribution < 1.29 is 14.3 Å². The lowest BCUT2D eigenvalue weighted by Gasteiger charge is -2.09. The van der Waals surface area contributed by atoms with Crippen LogP contribution in [0.4, 0.5) is 10.8 Å². The van der Waals surface area contributed by atoms with Gasteiger partial charge in [-0.25, -0.2) is 9.78 Å². The molecule has 2 aromatic carbocycles. The summed E-state index contributed by atoms with van der Waals surface area (Å²) in [6.45, 7) is 3.70. The van der Waals surface area contributed by atoms with Gasteiger partial charge in [0, 0.05) is 10.9 Å². The Kier molecular flexibility index (Phi) is 5.85. The van der Waals surface area contributed by atoms with Gasteiger partial charge in [0.2, 0.25) is 5.13 Å². The first-order chi connectivity index (χ1) is 15.1. The first-order valence-electron chi connectivity index (χ1n) is 9.59. The Labute approximate surface area is 182 Å². The summed E-state index contributed by atoms with van der Waals surface area (Å²) >= 11 is 1.33. The van der Waals surface area contributed by atoms with Crippen molar-refractivity contribution >= 4 is 45.5 Å². The number of esters is 1. The summed E-state index contributed by atoms with van der Waals surface area (Å²) in [6.07, 6.45) is 0. The van der Waals surface area contributed by atoms with E-state index >= 15 is 0 Å². The number of aromatic nitrogens is 1. The average molecular weight is 433 g/mol. The van der Waals surface area contributed by atoms with E-state index in [0.717, 1.165) is 11.3 Å². The van der Waals surface area contributed by atoms with Crippen molar-refractivity contribution in [1.29, 1.82) is 0 Å². The lowest BCUT2D eigenvalue weighted by Crippen LogP contribution is -2.28. The third-order valence-electron chi connectivity index (χ3n) is 4.44. The molecule has 4 rings (SSSR count). The van der Waals surface area contributed by atoms with Crippen LogP contribution in [-0.2, 0) is 9.53 Å². The summed E-state index contributed by atoms with van der Waals surface area (Å²) in [5.74, 6) is -0.862. The molecule has 2 heterocycles. The molecular formula is C22H19N5O3S. The highest BCUT2D eigenvalue weighted by Gasteiger charge is 2.32. The van der Waals surface area contributed by atoms with E-state index in [1.165, 1.54) is 16.3 Å². The second-order valence-electron chi connectivity index (χ2n) is 6.52. The second kappa shape index (κ2) is 8.88. The molecule has 31 heavy (non-hydrogen) atoms. The van der Waals surface area contributed by atoms with E-state index in [1.54, 1.807) is 38.1 Å². The molecule has 9 heteroatoms. The van der Waals surface area contributed by atoms with E-state index in [9.17, 15) is 9.59 Å². The third-order valence-corrected chi connectivity index (χ3v) is 5.26. The van der Waals surface area contributed by atoms with Crippen molar-refractivity contribution in [1.82, 2.24) is 4.98 Å². The van der Waals surface area contributed by atoms with Gasteiger partial charge in [-0.05, 0) is 26.0 Å². The molecule has 1 aliphatic rings. The number of hydrogen-bond acceptors (Lipinski definition) is 8. The molecule has 0 saturated carbocycles. The monoisotopic (exact) mass is 433 g/mol. The van der Waals surface area contributed by atoms with Gasteiger partial charge in [0.15, 0.2) is 5.71 Å². The minimum absolute atomic E-state index is 0.148. The quantitative estimate of drug-likeness (QED) is 0.465. The van der Waals surface area contributed by atoms with Crippen LogP contribution < -0.4 is 10.4 Å². The van der Waals surface area contributed by atoms with Crippen molar-refractivity contribution in [3.63, 3.8) is 0 Å². The van der Waals surface area contributed by atoms with Crippen LogP contribution >= 0.6 is 11.3 Å². The Morgan fingerprint density at radius 3 is 2.68 bits per heavy atom. The SMILES string of the molecule is CCOC(=O)c1ccccc1N/N=C1/C(=O)N(c2nc(-c3ccccc3)cs2)N=C1C. The van der Waals surface area contributed by atoms with Gasteiger partial charge in [-0.1, -0.05) is 42.5 Å². The fourth-order valence-electron chi connectivity index (χ4n) is 2.94. The van der Waals surface area contributed by atoms with Crippen molar-refractivity contribution in [2.24, 2.45) is 10.2 Å². The number of benzene rings is 2. The first-order valence-corrected chi connectivity index (χ1v) is 10.5. The summed E-state index contributed by atoms with van der Waals surface area (Å²) in [5, 5.41) is 12.1. The zero-order chi connectivity index (χ0) is 21.8. The largest absolute Gasteiger partial charge is 0.462 e. The number of rotatable bonds is 6. The highest BCUT2D eigenvalue weighted by molar-refractivity contribution is 7.14. The highest BCUT2D eigenvalue weighted by Crippen LogP contribution is 2.29.